The van der Waals surface area contributed by atoms with Crippen LogP contribution in [0.1, 0.15) is 39.2 Å². The van der Waals surface area contributed by atoms with E-state index in [9.17, 15) is 8.42 Å². The second kappa shape index (κ2) is 5.69. The van der Waals surface area contributed by atoms with Crippen molar-refractivity contribution in [2.75, 3.05) is 0 Å². The average molecular weight is 321 g/mol. The molecule has 0 spiro atoms. The molecule has 4 nitrogen and oxygen atoms in total. The molecule has 2 aliphatic carbocycles. The topological polar surface area (TPSA) is 55.7 Å². The van der Waals surface area contributed by atoms with E-state index < -0.39 is 15.4 Å². The van der Waals surface area contributed by atoms with Crippen molar-refractivity contribution in [3.05, 3.63) is 35.9 Å². The smallest absolute Gasteiger partial charge is 0.268 e. The first-order chi connectivity index (χ1) is 10.4. The Bertz CT molecular complexity index is 666. The highest BCUT2D eigenvalue weighted by Gasteiger charge is 2.54. The number of rotatable bonds is 4. The van der Waals surface area contributed by atoms with E-state index >= 15 is 0 Å². The van der Waals surface area contributed by atoms with Gasteiger partial charge in [0.2, 0.25) is 0 Å². The molecule has 2 saturated carbocycles. The molecule has 0 saturated heterocycles. The summed E-state index contributed by atoms with van der Waals surface area (Å²) in [6, 6.07) is 9.46. The Balaban J connectivity index is 1.73. The van der Waals surface area contributed by atoms with Crippen molar-refractivity contribution in [1.29, 1.82) is 0 Å². The molecule has 0 amide bonds. The van der Waals surface area contributed by atoms with Crippen LogP contribution >= 0.6 is 0 Å². The summed E-state index contributed by atoms with van der Waals surface area (Å²) in [4.78, 5) is 0. The molecule has 0 aromatic heterocycles. The van der Waals surface area contributed by atoms with Crippen LogP contribution in [0.5, 0.6) is 0 Å². The molecule has 5 atom stereocenters. The largest absolute Gasteiger partial charge is 0.331 e. The van der Waals surface area contributed by atoms with Crippen LogP contribution in [0.3, 0.4) is 0 Å². The lowest BCUT2D eigenvalue weighted by atomic mass is 9.81. The monoisotopic (exact) mass is 321 g/mol. The molecule has 0 heterocycles. The van der Waals surface area contributed by atoms with Gasteiger partial charge in [0.15, 0.2) is 0 Å². The van der Waals surface area contributed by atoms with E-state index in [4.69, 9.17) is 4.28 Å². The third-order valence-electron chi connectivity index (χ3n) is 5.68. The van der Waals surface area contributed by atoms with E-state index in [-0.39, 0.29) is 5.92 Å². The van der Waals surface area contributed by atoms with Crippen LogP contribution in [0.4, 0.5) is 0 Å². The number of oxime groups is 1. The predicted molar refractivity (Wildman–Crippen MR) is 87.0 cm³/mol. The number of benzene rings is 1. The molecule has 0 aliphatic heterocycles. The maximum Gasteiger partial charge on any atom is 0.331 e. The van der Waals surface area contributed by atoms with Crippen LogP contribution in [0.15, 0.2) is 35.5 Å². The number of hydrogen-bond donors (Lipinski definition) is 0. The van der Waals surface area contributed by atoms with Gasteiger partial charge in [-0.1, -0.05) is 49.3 Å². The minimum atomic E-state index is -3.64. The summed E-state index contributed by atoms with van der Waals surface area (Å²) < 4.78 is 30.0. The van der Waals surface area contributed by atoms with E-state index in [1.807, 2.05) is 30.3 Å². The highest BCUT2D eigenvalue weighted by molar-refractivity contribution is 7.87. The summed E-state index contributed by atoms with van der Waals surface area (Å²) >= 11 is 0. The second-order valence-electron chi connectivity index (χ2n) is 6.76. The zero-order chi connectivity index (χ0) is 15.9. The first-order valence-corrected chi connectivity index (χ1v) is 9.39. The molecule has 120 valence electrons. The van der Waals surface area contributed by atoms with Gasteiger partial charge >= 0.3 is 10.1 Å². The molecule has 5 heteroatoms. The van der Waals surface area contributed by atoms with Crippen LogP contribution in [0.25, 0.3) is 0 Å². The summed E-state index contributed by atoms with van der Waals surface area (Å²) in [5.41, 5.74) is 1.45. The molecule has 2 aliphatic rings. The molecular weight excluding hydrogens is 298 g/mol. The second-order valence-corrected chi connectivity index (χ2v) is 8.50. The molecule has 2 bridgehead atoms. The zero-order valence-electron chi connectivity index (χ0n) is 13.3. The van der Waals surface area contributed by atoms with Crippen LogP contribution in [0, 0.1) is 23.7 Å². The molecular formula is C17H23NO3S. The molecule has 1 aromatic rings. The van der Waals surface area contributed by atoms with Crippen LogP contribution in [-0.4, -0.2) is 19.4 Å². The van der Waals surface area contributed by atoms with Crippen molar-refractivity contribution in [1.82, 2.24) is 0 Å². The molecule has 3 rings (SSSR count). The average Bonchev–Trinajstić information content (AvgIpc) is 3.07. The normalized spacial score (nSPS) is 34.9. The van der Waals surface area contributed by atoms with Crippen molar-refractivity contribution < 1.29 is 12.7 Å². The van der Waals surface area contributed by atoms with E-state index in [0.717, 1.165) is 18.4 Å². The summed E-state index contributed by atoms with van der Waals surface area (Å²) in [5.74, 6) is 1.80. The molecule has 1 aromatic carbocycles. The maximum atomic E-state index is 12.5. The summed E-state index contributed by atoms with van der Waals surface area (Å²) in [6.07, 6.45) is 1.73. The van der Waals surface area contributed by atoms with Crippen molar-refractivity contribution >= 4 is 15.8 Å². The predicted octanol–water partition coefficient (Wildman–Crippen LogP) is 3.44. The maximum absolute atomic E-state index is 12.5. The SMILES string of the molecule is CC(=NOS(=O)(=O)C1CC2CC1C(C)C2C)c1ccccc1. The minimum absolute atomic E-state index is 0.220. The Hall–Kier alpha value is -1.36. The van der Waals surface area contributed by atoms with Crippen LogP contribution in [-0.2, 0) is 14.4 Å². The van der Waals surface area contributed by atoms with Crippen molar-refractivity contribution in [3.63, 3.8) is 0 Å². The fourth-order valence-corrected chi connectivity index (χ4v) is 5.70. The van der Waals surface area contributed by atoms with E-state index in [1.165, 1.54) is 0 Å². The number of hydrogen-bond acceptors (Lipinski definition) is 4. The van der Waals surface area contributed by atoms with E-state index in [0.29, 0.717) is 23.5 Å². The number of fused-ring (bicyclic) bond motifs is 2. The van der Waals surface area contributed by atoms with Crippen molar-refractivity contribution in [3.8, 4) is 0 Å². The Kier molecular flexibility index (Phi) is 4.02. The molecule has 2 fully saturated rings. The van der Waals surface area contributed by atoms with Gasteiger partial charge in [-0.25, -0.2) is 0 Å². The van der Waals surface area contributed by atoms with Crippen molar-refractivity contribution in [2.24, 2.45) is 28.8 Å². The molecule has 22 heavy (non-hydrogen) atoms. The van der Waals surface area contributed by atoms with Gasteiger partial charge in [0, 0.05) is 0 Å². The Morgan fingerprint density at radius 1 is 1.14 bits per heavy atom. The fraction of sp³-hybridized carbons (Fsp3) is 0.588. The Morgan fingerprint density at radius 3 is 2.41 bits per heavy atom. The fourth-order valence-electron chi connectivity index (χ4n) is 4.10. The third-order valence-corrected chi connectivity index (χ3v) is 7.24. The molecule has 5 unspecified atom stereocenters. The van der Waals surface area contributed by atoms with Gasteiger partial charge in [-0.05, 0) is 49.0 Å². The first kappa shape index (κ1) is 15.5. The van der Waals surface area contributed by atoms with Gasteiger partial charge in [0.05, 0.1) is 5.71 Å². The summed E-state index contributed by atoms with van der Waals surface area (Å²) in [6.45, 7) is 6.16. The lowest BCUT2D eigenvalue weighted by molar-refractivity contribution is 0.243. The lowest BCUT2D eigenvalue weighted by Gasteiger charge is -2.30. The van der Waals surface area contributed by atoms with Crippen molar-refractivity contribution in [2.45, 2.75) is 38.9 Å². The summed E-state index contributed by atoms with van der Waals surface area (Å²) in [7, 11) is -3.64. The van der Waals surface area contributed by atoms with Gasteiger partial charge < -0.3 is 0 Å². The Labute approximate surface area is 132 Å². The zero-order valence-corrected chi connectivity index (χ0v) is 14.1. The molecule has 0 radical (unpaired) electrons. The highest BCUT2D eigenvalue weighted by Crippen LogP contribution is 2.54. The van der Waals surface area contributed by atoms with Gasteiger partial charge in [-0.15, -0.1) is 0 Å². The van der Waals surface area contributed by atoms with Gasteiger partial charge in [0.25, 0.3) is 0 Å². The minimum Gasteiger partial charge on any atom is -0.268 e. The van der Waals surface area contributed by atoms with Gasteiger partial charge in [-0.3, -0.25) is 4.28 Å². The standard InChI is InChI=1S/C17H23NO3S/c1-11-12(2)16-9-15(11)10-17(16)22(19,20)21-18-13(3)14-7-5-4-6-8-14/h4-8,11-12,15-17H,9-10H2,1-3H3. The van der Waals surface area contributed by atoms with Gasteiger partial charge in [0.1, 0.15) is 5.25 Å². The quantitative estimate of drug-likeness (QED) is 0.630. The van der Waals surface area contributed by atoms with Crippen LogP contribution < -0.4 is 0 Å². The van der Waals surface area contributed by atoms with E-state index in [2.05, 4.69) is 19.0 Å². The van der Waals surface area contributed by atoms with Gasteiger partial charge in [-0.2, -0.15) is 8.42 Å². The van der Waals surface area contributed by atoms with Crippen LogP contribution in [0.2, 0.25) is 0 Å². The molecule has 0 N–H and O–H groups in total. The first-order valence-electron chi connectivity index (χ1n) is 7.92. The van der Waals surface area contributed by atoms with E-state index in [1.54, 1.807) is 6.92 Å². The number of nitrogens with zero attached hydrogens (tertiary/aromatic N) is 1. The lowest BCUT2D eigenvalue weighted by Crippen LogP contribution is -2.34. The third kappa shape index (κ3) is 2.67. The highest BCUT2D eigenvalue weighted by atomic mass is 32.2. The Morgan fingerprint density at radius 2 is 1.82 bits per heavy atom. The summed E-state index contributed by atoms with van der Waals surface area (Å²) in [5, 5.41) is 3.47.